The van der Waals surface area contributed by atoms with Gasteiger partial charge in [-0.3, -0.25) is 10.1 Å². The third-order valence-electron chi connectivity index (χ3n) is 2.95. The first-order valence-electron chi connectivity index (χ1n) is 6.54. The molecule has 0 saturated carbocycles. The number of nitrogens with one attached hydrogen (secondary N) is 1. The maximum Gasteiger partial charge on any atom is 0.272 e. The van der Waals surface area contributed by atoms with Crippen LogP contribution < -0.4 is 5.32 Å². The van der Waals surface area contributed by atoms with Gasteiger partial charge in [0.1, 0.15) is 0 Å². The van der Waals surface area contributed by atoms with Crippen molar-refractivity contribution in [2.45, 2.75) is 32.7 Å². The molecule has 19 heavy (non-hydrogen) atoms. The number of methoxy groups -OCH3 is 1. The van der Waals surface area contributed by atoms with Crippen molar-refractivity contribution >= 4 is 5.69 Å². The molecule has 0 bridgehead atoms. The molecule has 0 spiro atoms. The number of aryl methyl sites for hydroxylation is 1. The molecule has 0 aliphatic heterocycles. The van der Waals surface area contributed by atoms with Crippen molar-refractivity contribution in [1.82, 2.24) is 5.32 Å². The van der Waals surface area contributed by atoms with Gasteiger partial charge in [-0.2, -0.15) is 0 Å². The molecule has 0 heterocycles. The standard InChI is InChI=1S/C14H22N2O3/c1-4-7-15-13(10-19-3)9-12-6-5-11(2)8-14(12)16(17)18/h5-6,8,13,15H,4,7,9-10H2,1-3H3. The van der Waals surface area contributed by atoms with Crippen molar-refractivity contribution < 1.29 is 9.66 Å². The van der Waals surface area contributed by atoms with Gasteiger partial charge in [0, 0.05) is 24.8 Å². The van der Waals surface area contributed by atoms with Crippen LogP contribution in [0.1, 0.15) is 24.5 Å². The van der Waals surface area contributed by atoms with Crippen LogP contribution in [0.2, 0.25) is 0 Å². The molecule has 1 atom stereocenters. The van der Waals surface area contributed by atoms with Crippen LogP contribution >= 0.6 is 0 Å². The molecule has 0 radical (unpaired) electrons. The van der Waals surface area contributed by atoms with Gasteiger partial charge < -0.3 is 10.1 Å². The Labute approximate surface area is 114 Å². The molecule has 5 heteroatoms. The number of nitro benzene ring substituents is 1. The van der Waals surface area contributed by atoms with E-state index in [1.165, 1.54) is 0 Å². The van der Waals surface area contributed by atoms with Crippen LogP contribution in [0, 0.1) is 17.0 Å². The highest BCUT2D eigenvalue weighted by Crippen LogP contribution is 2.21. The van der Waals surface area contributed by atoms with E-state index in [1.807, 2.05) is 19.1 Å². The highest BCUT2D eigenvalue weighted by atomic mass is 16.6. The predicted octanol–water partition coefficient (Wildman–Crippen LogP) is 2.46. The maximum absolute atomic E-state index is 11.1. The van der Waals surface area contributed by atoms with Crippen LogP contribution in [0.3, 0.4) is 0 Å². The molecule has 0 amide bonds. The topological polar surface area (TPSA) is 64.4 Å². The third-order valence-corrected chi connectivity index (χ3v) is 2.95. The van der Waals surface area contributed by atoms with Crippen molar-refractivity contribution in [3.05, 3.63) is 39.4 Å². The van der Waals surface area contributed by atoms with Crippen molar-refractivity contribution in [3.8, 4) is 0 Å². The minimum Gasteiger partial charge on any atom is -0.383 e. The molecule has 1 aromatic rings. The van der Waals surface area contributed by atoms with E-state index in [2.05, 4.69) is 12.2 Å². The number of rotatable bonds is 8. The van der Waals surface area contributed by atoms with E-state index in [0.717, 1.165) is 24.1 Å². The van der Waals surface area contributed by atoms with Crippen molar-refractivity contribution in [1.29, 1.82) is 0 Å². The lowest BCUT2D eigenvalue weighted by molar-refractivity contribution is -0.385. The van der Waals surface area contributed by atoms with Gasteiger partial charge in [-0.1, -0.05) is 19.1 Å². The number of ether oxygens (including phenoxy) is 1. The highest BCUT2D eigenvalue weighted by Gasteiger charge is 2.17. The van der Waals surface area contributed by atoms with Crippen molar-refractivity contribution in [2.24, 2.45) is 0 Å². The summed E-state index contributed by atoms with van der Waals surface area (Å²) in [5.74, 6) is 0. The zero-order valence-corrected chi connectivity index (χ0v) is 11.8. The van der Waals surface area contributed by atoms with Crippen LogP contribution in [0.4, 0.5) is 5.69 Å². The van der Waals surface area contributed by atoms with Crippen LogP contribution in [0.25, 0.3) is 0 Å². The Balaban J connectivity index is 2.85. The first kappa shape index (κ1) is 15.6. The SMILES string of the molecule is CCCNC(COC)Cc1ccc(C)cc1[N+](=O)[O-]. The van der Waals surface area contributed by atoms with Gasteiger partial charge in [0.05, 0.1) is 11.5 Å². The fraction of sp³-hybridized carbons (Fsp3) is 0.571. The lowest BCUT2D eigenvalue weighted by Crippen LogP contribution is -2.35. The summed E-state index contributed by atoms with van der Waals surface area (Å²) in [4.78, 5) is 10.8. The number of hydrogen-bond acceptors (Lipinski definition) is 4. The molecule has 0 fully saturated rings. The lowest BCUT2D eigenvalue weighted by Gasteiger charge is -2.17. The summed E-state index contributed by atoms with van der Waals surface area (Å²) in [6.07, 6.45) is 1.63. The Hall–Kier alpha value is -1.46. The summed E-state index contributed by atoms with van der Waals surface area (Å²) in [6.45, 7) is 5.38. The smallest absolute Gasteiger partial charge is 0.272 e. The maximum atomic E-state index is 11.1. The summed E-state index contributed by atoms with van der Waals surface area (Å²) < 4.78 is 5.16. The number of benzene rings is 1. The fourth-order valence-electron chi connectivity index (χ4n) is 2.02. The van der Waals surface area contributed by atoms with E-state index in [4.69, 9.17) is 4.74 Å². The normalized spacial score (nSPS) is 12.4. The minimum atomic E-state index is -0.313. The van der Waals surface area contributed by atoms with Crippen LogP contribution in [-0.2, 0) is 11.2 Å². The van der Waals surface area contributed by atoms with Gasteiger partial charge in [0.15, 0.2) is 0 Å². The minimum absolute atomic E-state index is 0.103. The number of hydrogen-bond donors (Lipinski definition) is 1. The van der Waals surface area contributed by atoms with Gasteiger partial charge in [-0.25, -0.2) is 0 Å². The molecule has 0 aliphatic rings. The highest BCUT2D eigenvalue weighted by molar-refractivity contribution is 5.43. The summed E-state index contributed by atoms with van der Waals surface area (Å²) in [5.41, 5.74) is 1.85. The lowest BCUT2D eigenvalue weighted by atomic mass is 10.0. The quantitative estimate of drug-likeness (QED) is 0.580. The fourth-order valence-corrected chi connectivity index (χ4v) is 2.02. The molecular formula is C14H22N2O3. The van der Waals surface area contributed by atoms with Crippen LogP contribution in [0.15, 0.2) is 18.2 Å². The Kier molecular flexibility index (Phi) is 6.45. The van der Waals surface area contributed by atoms with Crippen LogP contribution in [0.5, 0.6) is 0 Å². The Morgan fingerprint density at radius 1 is 1.47 bits per heavy atom. The van der Waals surface area contributed by atoms with Gasteiger partial charge in [0.2, 0.25) is 0 Å². The predicted molar refractivity (Wildman–Crippen MR) is 75.5 cm³/mol. The monoisotopic (exact) mass is 266 g/mol. The molecule has 0 saturated heterocycles. The molecule has 1 N–H and O–H groups in total. The Morgan fingerprint density at radius 3 is 2.79 bits per heavy atom. The number of nitrogens with zero attached hydrogens (tertiary/aromatic N) is 1. The van der Waals surface area contributed by atoms with E-state index in [0.29, 0.717) is 13.0 Å². The second-order valence-electron chi connectivity index (χ2n) is 4.70. The Morgan fingerprint density at radius 2 is 2.21 bits per heavy atom. The van der Waals surface area contributed by atoms with E-state index < -0.39 is 0 Å². The van der Waals surface area contributed by atoms with E-state index in [-0.39, 0.29) is 16.7 Å². The van der Waals surface area contributed by atoms with Crippen LogP contribution in [-0.4, -0.2) is 31.2 Å². The molecule has 1 rings (SSSR count). The zero-order valence-electron chi connectivity index (χ0n) is 11.8. The molecule has 106 valence electrons. The van der Waals surface area contributed by atoms with Gasteiger partial charge >= 0.3 is 0 Å². The van der Waals surface area contributed by atoms with Gasteiger partial charge in [-0.05, 0) is 31.9 Å². The summed E-state index contributed by atoms with van der Waals surface area (Å²) in [6, 6.07) is 5.47. The molecule has 1 unspecified atom stereocenters. The van der Waals surface area contributed by atoms with Crippen molar-refractivity contribution in [2.75, 3.05) is 20.3 Å². The summed E-state index contributed by atoms with van der Waals surface area (Å²) in [5, 5.41) is 14.4. The van der Waals surface area contributed by atoms with E-state index in [1.54, 1.807) is 13.2 Å². The third kappa shape index (κ3) is 4.96. The van der Waals surface area contributed by atoms with E-state index in [9.17, 15) is 10.1 Å². The second kappa shape index (κ2) is 7.86. The first-order valence-corrected chi connectivity index (χ1v) is 6.54. The molecule has 0 aromatic heterocycles. The molecule has 1 aromatic carbocycles. The first-order chi connectivity index (χ1) is 9.08. The van der Waals surface area contributed by atoms with Gasteiger partial charge in [-0.15, -0.1) is 0 Å². The molecule has 5 nitrogen and oxygen atoms in total. The second-order valence-corrected chi connectivity index (χ2v) is 4.70. The van der Waals surface area contributed by atoms with E-state index >= 15 is 0 Å². The molecular weight excluding hydrogens is 244 g/mol. The summed E-state index contributed by atoms with van der Waals surface area (Å²) >= 11 is 0. The Bertz CT molecular complexity index is 421. The molecule has 0 aliphatic carbocycles. The van der Waals surface area contributed by atoms with Gasteiger partial charge in [0.25, 0.3) is 5.69 Å². The zero-order chi connectivity index (χ0) is 14.3. The largest absolute Gasteiger partial charge is 0.383 e. The summed E-state index contributed by atoms with van der Waals surface area (Å²) in [7, 11) is 1.64. The average molecular weight is 266 g/mol. The van der Waals surface area contributed by atoms with Crippen molar-refractivity contribution in [3.63, 3.8) is 0 Å². The number of nitro groups is 1. The average Bonchev–Trinajstić information content (AvgIpc) is 2.38.